The molecule has 2 aromatic carbocycles. The molecule has 1 nitrogen and oxygen atoms in total. The fourth-order valence-electron chi connectivity index (χ4n) is 3.70. The minimum atomic E-state index is 0.391. The highest BCUT2D eigenvalue weighted by atomic mass is 14.7. The first kappa shape index (κ1) is 16.7. The molecule has 0 aromatic heterocycles. The summed E-state index contributed by atoms with van der Waals surface area (Å²) in [6.45, 7) is 9.85. The smallest absolute Gasteiger partial charge is 0.0389 e. The van der Waals surface area contributed by atoms with E-state index in [-0.39, 0.29) is 0 Å². The number of rotatable bonds is 5. The maximum absolute atomic E-state index is 4.72. The summed E-state index contributed by atoms with van der Waals surface area (Å²) < 4.78 is 0. The van der Waals surface area contributed by atoms with Crippen molar-refractivity contribution in [2.45, 2.75) is 46.5 Å². The summed E-state index contributed by atoms with van der Waals surface area (Å²) in [4.78, 5) is 4.72. The van der Waals surface area contributed by atoms with Crippen molar-refractivity contribution in [3.8, 4) is 0 Å². The molecule has 124 valence electrons. The summed E-state index contributed by atoms with van der Waals surface area (Å²) in [5.74, 6) is 0.391. The first-order chi connectivity index (χ1) is 11.6. The van der Waals surface area contributed by atoms with Gasteiger partial charge in [-0.05, 0) is 43.5 Å². The first-order valence-corrected chi connectivity index (χ1v) is 9.00. The lowest BCUT2D eigenvalue weighted by molar-refractivity contribution is 0.810. The quantitative estimate of drug-likeness (QED) is 0.444. The van der Waals surface area contributed by atoms with E-state index in [2.05, 4.69) is 76.4 Å². The highest BCUT2D eigenvalue weighted by molar-refractivity contribution is 6.01. The average Bonchev–Trinajstić information content (AvgIpc) is 2.84. The molecule has 0 saturated heterocycles. The minimum Gasteiger partial charge on any atom is -0.293 e. The molecule has 3 rings (SSSR count). The Morgan fingerprint density at radius 2 is 1.83 bits per heavy atom. The van der Waals surface area contributed by atoms with Crippen LogP contribution in [0.5, 0.6) is 0 Å². The third kappa shape index (κ3) is 3.08. The van der Waals surface area contributed by atoms with E-state index in [9.17, 15) is 0 Å². The number of benzene rings is 2. The molecule has 0 spiro atoms. The van der Waals surface area contributed by atoms with Gasteiger partial charge in [-0.2, -0.15) is 0 Å². The van der Waals surface area contributed by atoms with E-state index in [1.807, 2.05) is 0 Å². The van der Waals surface area contributed by atoms with Crippen molar-refractivity contribution in [1.82, 2.24) is 0 Å². The van der Waals surface area contributed by atoms with Gasteiger partial charge in [0.2, 0.25) is 0 Å². The average molecular weight is 317 g/mol. The predicted molar refractivity (Wildman–Crippen MR) is 106 cm³/mol. The maximum atomic E-state index is 4.72. The molecule has 0 radical (unpaired) electrons. The Morgan fingerprint density at radius 3 is 2.54 bits per heavy atom. The van der Waals surface area contributed by atoms with Crippen molar-refractivity contribution in [2.24, 2.45) is 4.99 Å². The van der Waals surface area contributed by atoms with Crippen LogP contribution in [0.1, 0.15) is 57.6 Å². The normalized spacial score (nSPS) is 18.0. The van der Waals surface area contributed by atoms with E-state index >= 15 is 0 Å². The molecule has 0 N–H and O–H groups in total. The zero-order valence-corrected chi connectivity index (χ0v) is 15.3. The van der Waals surface area contributed by atoms with Crippen molar-refractivity contribution < 1.29 is 0 Å². The highest BCUT2D eigenvalue weighted by Gasteiger charge is 2.24. The Bertz CT molecular complexity index is 836. The molecular weight excluding hydrogens is 290 g/mol. The van der Waals surface area contributed by atoms with Crippen LogP contribution in [0.4, 0.5) is 0 Å². The fraction of sp³-hybridized carbons (Fsp3) is 0.348. The number of aliphatic imine (C=N–C) groups is 1. The van der Waals surface area contributed by atoms with Gasteiger partial charge in [-0.25, -0.2) is 0 Å². The molecule has 0 bridgehead atoms. The van der Waals surface area contributed by atoms with Gasteiger partial charge in [-0.3, -0.25) is 4.99 Å². The second-order valence-electron chi connectivity index (χ2n) is 6.87. The van der Waals surface area contributed by atoms with Gasteiger partial charge in [-0.1, -0.05) is 72.5 Å². The topological polar surface area (TPSA) is 12.4 Å². The van der Waals surface area contributed by atoms with Crippen LogP contribution in [0.3, 0.4) is 0 Å². The molecule has 1 heteroatoms. The standard InChI is InChI=1S/C23H27N/c1-5-6-13-24-15-22-20-10-8-7-9-19(20)11-12-21(22)23-17(3)14-16(2)18(23)4/h7-12,14-15,23H,5-6,13H2,1-4H3. The summed E-state index contributed by atoms with van der Waals surface area (Å²) in [6.07, 6.45) is 6.77. The molecule has 0 fully saturated rings. The number of allylic oxidation sites excluding steroid dienone is 4. The van der Waals surface area contributed by atoms with Gasteiger partial charge in [0.15, 0.2) is 0 Å². The van der Waals surface area contributed by atoms with Crippen molar-refractivity contribution in [3.63, 3.8) is 0 Å². The van der Waals surface area contributed by atoms with Crippen LogP contribution in [-0.4, -0.2) is 12.8 Å². The molecule has 2 aromatic rings. The second kappa shape index (κ2) is 7.17. The molecule has 1 atom stereocenters. The summed E-state index contributed by atoms with van der Waals surface area (Å²) in [5, 5.41) is 2.59. The molecule has 24 heavy (non-hydrogen) atoms. The van der Waals surface area contributed by atoms with Crippen molar-refractivity contribution in [3.05, 3.63) is 70.3 Å². The summed E-state index contributed by atoms with van der Waals surface area (Å²) >= 11 is 0. The van der Waals surface area contributed by atoms with Crippen LogP contribution in [0.15, 0.2) is 64.2 Å². The zero-order valence-electron chi connectivity index (χ0n) is 15.3. The minimum absolute atomic E-state index is 0.391. The van der Waals surface area contributed by atoms with Crippen LogP contribution >= 0.6 is 0 Å². The van der Waals surface area contributed by atoms with Gasteiger partial charge in [-0.15, -0.1) is 0 Å². The lowest BCUT2D eigenvalue weighted by Gasteiger charge is -2.19. The number of hydrogen-bond donors (Lipinski definition) is 0. The molecule has 0 aliphatic heterocycles. The summed E-state index contributed by atoms with van der Waals surface area (Å²) in [7, 11) is 0. The van der Waals surface area contributed by atoms with Gasteiger partial charge < -0.3 is 0 Å². The lowest BCUT2D eigenvalue weighted by Crippen LogP contribution is -2.04. The third-order valence-corrected chi connectivity index (χ3v) is 5.13. The van der Waals surface area contributed by atoms with E-state index in [4.69, 9.17) is 4.99 Å². The molecule has 0 heterocycles. The molecule has 1 aliphatic rings. The fourth-order valence-corrected chi connectivity index (χ4v) is 3.70. The van der Waals surface area contributed by atoms with E-state index in [1.165, 1.54) is 45.0 Å². The largest absolute Gasteiger partial charge is 0.293 e. The second-order valence-corrected chi connectivity index (χ2v) is 6.87. The molecule has 1 aliphatic carbocycles. The Morgan fingerprint density at radius 1 is 1.04 bits per heavy atom. The third-order valence-electron chi connectivity index (χ3n) is 5.13. The Hall–Kier alpha value is -2.15. The van der Waals surface area contributed by atoms with Gasteiger partial charge in [0.25, 0.3) is 0 Å². The van der Waals surface area contributed by atoms with Crippen LogP contribution in [0, 0.1) is 0 Å². The summed E-state index contributed by atoms with van der Waals surface area (Å²) in [5.41, 5.74) is 6.97. The van der Waals surface area contributed by atoms with Crippen molar-refractivity contribution in [2.75, 3.05) is 6.54 Å². The van der Waals surface area contributed by atoms with E-state index in [0.29, 0.717) is 5.92 Å². The number of hydrogen-bond acceptors (Lipinski definition) is 1. The van der Waals surface area contributed by atoms with Crippen LogP contribution < -0.4 is 0 Å². The lowest BCUT2D eigenvalue weighted by atomic mass is 9.84. The Balaban J connectivity index is 2.14. The predicted octanol–water partition coefficient (Wildman–Crippen LogP) is 6.44. The Kier molecular flexibility index (Phi) is 4.99. The van der Waals surface area contributed by atoms with E-state index in [1.54, 1.807) is 0 Å². The maximum Gasteiger partial charge on any atom is 0.0389 e. The first-order valence-electron chi connectivity index (χ1n) is 9.00. The van der Waals surface area contributed by atoms with Crippen LogP contribution in [0.2, 0.25) is 0 Å². The number of fused-ring (bicyclic) bond motifs is 1. The van der Waals surface area contributed by atoms with Gasteiger partial charge in [0.1, 0.15) is 0 Å². The van der Waals surface area contributed by atoms with Crippen LogP contribution in [-0.2, 0) is 0 Å². The molecule has 0 saturated carbocycles. The van der Waals surface area contributed by atoms with Gasteiger partial charge in [0, 0.05) is 24.2 Å². The van der Waals surface area contributed by atoms with Gasteiger partial charge >= 0.3 is 0 Å². The molecular formula is C23H27N. The monoisotopic (exact) mass is 317 g/mol. The van der Waals surface area contributed by atoms with Crippen molar-refractivity contribution in [1.29, 1.82) is 0 Å². The zero-order chi connectivity index (χ0) is 17.1. The van der Waals surface area contributed by atoms with Gasteiger partial charge in [0.05, 0.1) is 0 Å². The van der Waals surface area contributed by atoms with Crippen LogP contribution in [0.25, 0.3) is 10.8 Å². The number of unbranched alkanes of at least 4 members (excludes halogenated alkanes) is 1. The van der Waals surface area contributed by atoms with Crippen molar-refractivity contribution >= 4 is 17.0 Å². The van der Waals surface area contributed by atoms with E-state index in [0.717, 1.165) is 13.0 Å². The SMILES string of the molecule is CCCCN=Cc1c(C2C(C)=CC(C)=C2C)ccc2ccccc12. The number of nitrogens with zero attached hydrogens (tertiary/aromatic N) is 1. The highest BCUT2D eigenvalue weighted by Crippen LogP contribution is 2.41. The Labute approximate surface area is 145 Å². The summed E-state index contributed by atoms with van der Waals surface area (Å²) in [6, 6.07) is 13.2. The molecule has 1 unspecified atom stereocenters. The molecule has 0 amide bonds. The van der Waals surface area contributed by atoms with E-state index < -0.39 is 0 Å².